The monoisotopic (exact) mass is 447 g/mol. The van der Waals surface area contributed by atoms with Gasteiger partial charge < -0.3 is 20.1 Å². The second-order valence-electron chi connectivity index (χ2n) is 8.05. The molecule has 0 spiro atoms. The Hall–Kier alpha value is -3.81. The molecule has 0 fully saturated rings. The molecule has 1 amide bonds. The van der Waals surface area contributed by atoms with Gasteiger partial charge in [0.15, 0.2) is 11.5 Å². The Balaban J connectivity index is 1.76. The van der Waals surface area contributed by atoms with Crippen LogP contribution in [0.4, 0.5) is 11.6 Å². The number of rotatable bonds is 7. The number of amides is 1. The molecule has 1 atom stereocenters. The van der Waals surface area contributed by atoms with Crippen molar-refractivity contribution in [1.29, 1.82) is 0 Å². The molecule has 8 nitrogen and oxygen atoms in total. The molecule has 0 saturated carbocycles. The van der Waals surface area contributed by atoms with Crippen LogP contribution in [-0.2, 0) is 4.79 Å². The fourth-order valence-electron chi connectivity index (χ4n) is 3.95. The quantitative estimate of drug-likeness (QED) is 0.549. The van der Waals surface area contributed by atoms with Crippen LogP contribution in [0.1, 0.15) is 43.0 Å². The summed E-state index contributed by atoms with van der Waals surface area (Å²) < 4.78 is 13.1. The predicted octanol–water partition coefficient (Wildman–Crippen LogP) is 4.62. The van der Waals surface area contributed by atoms with Crippen LogP contribution < -0.4 is 20.1 Å². The molecule has 2 heterocycles. The van der Waals surface area contributed by atoms with Gasteiger partial charge in [0.25, 0.3) is 5.91 Å². The molecule has 0 radical (unpaired) electrons. The summed E-state index contributed by atoms with van der Waals surface area (Å²) in [5, 5.41) is 10.7. The first-order chi connectivity index (χ1) is 15.9. The molecule has 1 aliphatic heterocycles. The van der Waals surface area contributed by atoms with Gasteiger partial charge in [-0.2, -0.15) is 10.1 Å². The molecule has 2 aromatic carbocycles. The average Bonchev–Trinajstić information content (AvgIpc) is 3.27. The van der Waals surface area contributed by atoms with Gasteiger partial charge in [-0.3, -0.25) is 4.79 Å². The fourth-order valence-corrected chi connectivity index (χ4v) is 3.95. The number of anilines is 2. The van der Waals surface area contributed by atoms with Crippen molar-refractivity contribution in [2.45, 2.75) is 40.2 Å². The van der Waals surface area contributed by atoms with E-state index in [1.165, 1.54) is 6.33 Å². The zero-order valence-corrected chi connectivity index (χ0v) is 19.6. The van der Waals surface area contributed by atoms with Gasteiger partial charge in [0.1, 0.15) is 12.4 Å². The summed E-state index contributed by atoms with van der Waals surface area (Å²) in [5.41, 5.74) is 5.04. The van der Waals surface area contributed by atoms with Gasteiger partial charge in [-0.05, 0) is 62.1 Å². The van der Waals surface area contributed by atoms with Crippen LogP contribution in [0.3, 0.4) is 0 Å². The minimum absolute atomic E-state index is 0.204. The molecule has 0 aliphatic carbocycles. The SMILES string of the molecule is CCCOc1ccc(C2C(C(=O)Nc3cccc(C)c3C)=C(C)Nc3ncnn32)cc1OC. The summed E-state index contributed by atoms with van der Waals surface area (Å²) in [6.07, 6.45) is 2.37. The average molecular weight is 448 g/mol. The highest BCUT2D eigenvalue weighted by Gasteiger charge is 2.34. The maximum absolute atomic E-state index is 13.6. The van der Waals surface area contributed by atoms with Gasteiger partial charge in [0.05, 0.1) is 19.3 Å². The van der Waals surface area contributed by atoms with Crippen molar-refractivity contribution in [2.75, 3.05) is 24.4 Å². The van der Waals surface area contributed by atoms with Crippen molar-refractivity contribution in [1.82, 2.24) is 14.8 Å². The number of carbonyl (C=O) groups is 1. The zero-order valence-electron chi connectivity index (χ0n) is 19.6. The van der Waals surface area contributed by atoms with Crippen molar-refractivity contribution in [3.63, 3.8) is 0 Å². The van der Waals surface area contributed by atoms with Crippen molar-refractivity contribution in [2.24, 2.45) is 0 Å². The first-order valence-electron chi connectivity index (χ1n) is 11.0. The largest absolute Gasteiger partial charge is 0.493 e. The molecule has 1 aromatic heterocycles. The van der Waals surface area contributed by atoms with Crippen LogP contribution in [-0.4, -0.2) is 34.4 Å². The summed E-state index contributed by atoms with van der Waals surface area (Å²) in [4.78, 5) is 17.9. The second-order valence-corrected chi connectivity index (χ2v) is 8.05. The van der Waals surface area contributed by atoms with E-state index in [4.69, 9.17) is 9.47 Å². The van der Waals surface area contributed by atoms with Crippen molar-refractivity contribution in [3.8, 4) is 11.5 Å². The number of nitrogens with one attached hydrogen (secondary N) is 2. The molecule has 4 rings (SSSR count). The van der Waals surface area contributed by atoms with Gasteiger partial charge in [0.2, 0.25) is 5.95 Å². The fraction of sp³-hybridized carbons (Fsp3) is 0.320. The van der Waals surface area contributed by atoms with E-state index in [0.29, 0.717) is 35.3 Å². The lowest BCUT2D eigenvalue weighted by molar-refractivity contribution is -0.113. The molecule has 0 bridgehead atoms. The maximum Gasteiger partial charge on any atom is 0.255 e. The van der Waals surface area contributed by atoms with E-state index in [1.807, 2.05) is 57.2 Å². The molecule has 2 N–H and O–H groups in total. The van der Waals surface area contributed by atoms with Crippen molar-refractivity contribution >= 4 is 17.5 Å². The number of aromatic nitrogens is 3. The number of allylic oxidation sites excluding steroid dienone is 1. The van der Waals surface area contributed by atoms with E-state index >= 15 is 0 Å². The Morgan fingerprint density at radius 1 is 1.18 bits per heavy atom. The Labute approximate surface area is 193 Å². The highest BCUT2D eigenvalue weighted by Crippen LogP contribution is 2.39. The van der Waals surface area contributed by atoms with Gasteiger partial charge in [-0.25, -0.2) is 4.68 Å². The Morgan fingerprint density at radius 3 is 2.76 bits per heavy atom. The highest BCUT2D eigenvalue weighted by molar-refractivity contribution is 6.06. The number of ether oxygens (including phenoxy) is 2. The first kappa shape index (κ1) is 22.4. The summed E-state index contributed by atoms with van der Waals surface area (Å²) in [7, 11) is 1.61. The molecule has 1 unspecified atom stereocenters. The maximum atomic E-state index is 13.6. The molecule has 33 heavy (non-hydrogen) atoms. The third kappa shape index (κ3) is 4.28. The third-order valence-electron chi connectivity index (χ3n) is 5.86. The molecule has 8 heteroatoms. The van der Waals surface area contributed by atoms with Gasteiger partial charge in [0, 0.05) is 11.4 Å². The summed E-state index contributed by atoms with van der Waals surface area (Å²) in [6, 6.07) is 11.1. The van der Waals surface area contributed by atoms with Gasteiger partial charge in [-0.1, -0.05) is 25.1 Å². The van der Waals surface area contributed by atoms with Crippen LogP contribution in [0.15, 0.2) is 54.0 Å². The second kappa shape index (κ2) is 9.36. The van der Waals surface area contributed by atoms with E-state index in [9.17, 15) is 4.79 Å². The Kier molecular flexibility index (Phi) is 6.35. The molecular formula is C25H29N5O3. The van der Waals surface area contributed by atoms with Crippen LogP contribution in [0.25, 0.3) is 0 Å². The standard InChI is InChI=1S/C25H29N5O3/c1-6-12-33-20-11-10-18(13-21(20)32-5)23-22(17(4)28-25-26-14-27-30(23)25)24(31)29-19-9-7-8-15(2)16(19)3/h7-11,13-14,23H,6,12H2,1-5H3,(H,29,31)(H,26,27,28). The van der Waals surface area contributed by atoms with E-state index in [-0.39, 0.29) is 5.91 Å². The number of aryl methyl sites for hydroxylation is 1. The summed E-state index contributed by atoms with van der Waals surface area (Å²) in [6.45, 7) is 8.54. The minimum atomic E-state index is -0.483. The molecule has 172 valence electrons. The smallest absolute Gasteiger partial charge is 0.255 e. The molecular weight excluding hydrogens is 418 g/mol. The molecule has 0 saturated heterocycles. The Morgan fingerprint density at radius 2 is 2.00 bits per heavy atom. The lowest BCUT2D eigenvalue weighted by Gasteiger charge is -2.29. The van der Waals surface area contributed by atoms with Crippen LogP contribution in [0.5, 0.6) is 11.5 Å². The number of hydrogen-bond donors (Lipinski definition) is 2. The van der Waals surface area contributed by atoms with E-state index in [2.05, 4.69) is 27.6 Å². The number of hydrogen-bond acceptors (Lipinski definition) is 6. The number of methoxy groups -OCH3 is 1. The van der Waals surface area contributed by atoms with Crippen LogP contribution in [0.2, 0.25) is 0 Å². The van der Waals surface area contributed by atoms with Crippen molar-refractivity contribution < 1.29 is 14.3 Å². The summed E-state index contributed by atoms with van der Waals surface area (Å²) >= 11 is 0. The van der Waals surface area contributed by atoms with Gasteiger partial charge in [-0.15, -0.1) is 0 Å². The number of carbonyl (C=O) groups excluding carboxylic acids is 1. The highest BCUT2D eigenvalue weighted by atomic mass is 16.5. The van der Waals surface area contributed by atoms with E-state index in [1.54, 1.807) is 11.8 Å². The minimum Gasteiger partial charge on any atom is -0.493 e. The third-order valence-corrected chi connectivity index (χ3v) is 5.86. The van der Waals surface area contributed by atoms with E-state index < -0.39 is 6.04 Å². The van der Waals surface area contributed by atoms with E-state index in [0.717, 1.165) is 28.8 Å². The van der Waals surface area contributed by atoms with Crippen LogP contribution >= 0.6 is 0 Å². The van der Waals surface area contributed by atoms with Crippen molar-refractivity contribution in [3.05, 3.63) is 70.7 Å². The lowest BCUT2D eigenvalue weighted by atomic mass is 9.94. The zero-order chi connectivity index (χ0) is 23.5. The Bertz CT molecular complexity index is 1210. The molecule has 3 aromatic rings. The van der Waals surface area contributed by atoms with Gasteiger partial charge >= 0.3 is 0 Å². The summed E-state index contributed by atoms with van der Waals surface area (Å²) in [5.74, 6) is 1.64. The molecule has 1 aliphatic rings. The predicted molar refractivity (Wildman–Crippen MR) is 128 cm³/mol. The number of nitrogens with zero attached hydrogens (tertiary/aromatic N) is 3. The normalized spacial score (nSPS) is 15.0. The number of benzene rings is 2. The first-order valence-corrected chi connectivity index (χ1v) is 11.0. The lowest BCUT2D eigenvalue weighted by Crippen LogP contribution is -2.31. The number of fused-ring (bicyclic) bond motifs is 1. The topological polar surface area (TPSA) is 90.3 Å². The van der Waals surface area contributed by atoms with Crippen LogP contribution in [0, 0.1) is 13.8 Å².